The summed E-state index contributed by atoms with van der Waals surface area (Å²) in [5.41, 5.74) is 2.56. The molecule has 3 rings (SSSR count). The van der Waals surface area contributed by atoms with Crippen molar-refractivity contribution in [2.45, 2.75) is 25.7 Å². The largest absolute Gasteiger partial charge is 0.289 e. The molecule has 0 bridgehead atoms. The van der Waals surface area contributed by atoms with E-state index in [1.165, 1.54) is 0 Å². The van der Waals surface area contributed by atoms with E-state index in [4.69, 9.17) is 9.94 Å². The van der Waals surface area contributed by atoms with Crippen LogP contribution in [0.25, 0.3) is 15.3 Å². The Bertz CT molecular complexity index is 931. The summed E-state index contributed by atoms with van der Waals surface area (Å²) in [7, 11) is 0. The van der Waals surface area contributed by atoms with Crippen molar-refractivity contribution in [3.05, 3.63) is 58.9 Å². The van der Waals surface area contributed by atoms with E-state index < -0.39 is 0 Å². The van der Waals surface area contributed by atoms with Crippen molar-refractivity contribution >= 4 is 30.3 Å². The van der Waals surface area contributed by atoms with Crippen LogP contribution in [0.1, 0.15) is 25.7 Å². The second-order valence-electron chi connectivity index (χ2n) is 5.87. The van der Waals surface area contributed by atoms with Gasteiger partial charge in [0.2, 0.25) is 0 Å². The van der Waals surface area contributed by atoms with Crippen molar-refractivity contribution < 1.29 is 14.7 Å². The van der Waals surface area contributed by atoms with Gasteiger partial charge >= 0.3 is 141 Å². The van der Waals surface area contributed by atoms with Crippen molar-refractivity contribution in [1.82, 2.24) is 9.04 Å². The fraction of sp³-hybridized carbons (Fsp3) is 0.263. The van der Waals surface area contributed by atoms with E-state index in [1.807, 2.05) is 52.1 Å². The van der Waals surface area contributed by atoms with Crippen molar-refractivity contribution in [1.29, 1.82) is 0 Å². The average Bonchev–Trinajstić information content (AvgIpc) is 3.02. The Hall–Kier alpha value is -2.34. The number of benzene rings is 2. The number of nitrogens with one attached hydrogen (secondary N) is 1. The van der Waals surface area contributed by atoms with Crippen LogP contribution < -0.4 is 15.8 Å². The van der Waals surface area contributed by atoms with Gasteiger partial charge in [0.15, 0.2) is 0 Å². The fourth-order valence-corrected chi connectivity index (χ4v) is 4.72. The summed E-state index contributed by atoms with van der Waals surface area (Å²) < 4.78 is 8.64. The number of carbonyl (C=O) groups excluding carboxylic acids is 1. The zero-order valence-corrected chi connectivity index (χ0v) is 15.9. The molecule has 0 fully saturated rings. The molecule has 6 nitrogen and oxygen atoms in total. The van der Waals surface area contributed by atoms with E-state index in [0.717, 1.165) is 33.9 Å². The molecule has 7 heteroatoms. The molecule has 1 aromatic heterocycles. The third-order valence-electron chi connectivity index (χ3n) is 4.00. The van der Waals surface area contributed by atoms with Crippen LogP contribution in [0.2, 0.25) is 0 Å². The number of aromatic nitrogens is 1. The fourth-order valence-electron chi connectivity index (χ4n) is 2.63. The van der Waals surface area contributed by atoms with Crippen LogP contribution in [0, 0.1) is 0 Å². The number of nitrogens with zero attached hydrogens (tertiary/aromatic N) is 1. The van der Waals surface area contributed by atoms with Gasteiger partial charge in [-0.3, -0.25) is 10.0 Å². The first kappa shape index (κ1) is 18.5. The molecule has 0 aliphatic heterocycles. The van der Waals surface area contributed by atoms with Gasteiger partial charge in [-0.25, -0.2) is 5.48 Å². The van der Waals surface area contributed by atoms with Crippen LogP contribution in [0.5, 0.6) is 5.75 Å². The predicted molar refractivity (Wildman–Crippen MR) is 100 cm³/mol. The summed E-state index contributed by atoms with van der Waals surface area (Å²) >= 11 is -0.0308. The Morgan fingerprint density at radius 1 is 1.08 bits per heavy atom. The van der Waals surface area contributed by atoms with Gasteiger partial charge < -0.3 is 0 Å². The minimum Gasteiger partial charge on any atom is -0.289 e. The summed E-state index contributed by atoms with van der Waals surface area (Å²) in [5.74, 6) is 0.403. The number of hydroxylamine groups is 1. The molecular formula is C19H20N2O4Se. The SMILES string of the molecule is O=C(CCCCCOc1ccc(-n2[se]c3ccccc3c2=O)cc1)NO. The van der Waals surface area contributed by atoms with E-state index in [2.05, 4.69) is 0 Å². The molecule has 0 aliphatic carbocycles. The smallest absolute Gasteiger partial charge is 0.238 e. The first-order valence-corrected chi connectivity index (χ1v) is 10.1. The Morgan fingerprint density at radius 2 is 1.85 bits per heavy atom. The first-order chi connectivity index (χ1) is 12.7. The molecule has 2 aromatic carbocycles. The monoisotopic (exact) mass is 420 g/mol. The van der Waals surface area contributed by atoms with Crippen LogP contribution in [-0.2, 0) is 4.79 Å². The normalized spacial score (nSPS) is 10.8. The molecule has 0 radical (unpaired) electrons. The Labute approximate surface area is 157 Å². The van der Waals surface area contributed by atoms with E-state index in [0.29, 0.717) is 19.4 Å². The van der Waals surface area contributed by atoms with Crippen molar-refractivity contribution in [3.8, 4) is 11.4 Å². The maximum absolute atomic E-state index is 12.5. The second kappa shape index (κ2) is 8.85. The number of hydrogen-bond donors (Lipinski definition) is 2. The van der Waals surface area contributed by atoms with Gasteiger partial charge in [-0.05, 0) is 0 Å². The zero-order valence-electron chi connectivity index (χ0n) is 14.2. The zero-order chi connectivity index (χ0) is 18.4. The summed E-state index contributed by atoms with van der Waals surface area (Å²) in [5, 5.41) is 9.20. The molecular weight excluding hydrogens is 399 g/mol. The first-order valence-electron chi connectivity index (χ1n) is 8.46. The number of fused-ring (bicyclic) bond motifs is 1. The third kappa shape index (κ3) is 4.43. The maximum Gasteiger partial charge on any atom is -0.238 e. The third-order valence-corrected chi connectivity index (χ3v) is 6.34. The summed E-state index contributed by atoms with van der Waals surface area (Å²) in [6.07, 6.45) is 2.73. The minimum absolute atomic E-state index is 0.0308. The molecule has 0 atom stereocenters. The average molecular weight is 419 g/mol. The number of amides is 1. The molecule has 1 heterocycles. The van der Waals surface area contributed by atoms with Crippen LogP contribution >= 0.6 is 0 Å². The molecule has 0 spiro atoms. The summed E-state index contributed by atoms with van der Waals surface area (Å²) in [6, 6.07) is 15.3. The summed E-state index contributed by atoms with van der Waals surface area (Å²) in [6.45, 7) is 0.568. The molecule has 2 N–H and O–H groups in total. The van der Waals surface area contributed by atoms with Crippen LogP contribution in [0.15, 0.2) is 53.3 Å². The van der Waals surface area contributed by atoms with Crippen molar-refractivity contribution in [2.24, 2.45) is 0 Å². The summed E-state index contributed by atoms with van der Waals surface area (Å²) in [4.78, 5) is 23.4. The van der Waals surface area contributed by atoms with Gasteiger partial charge in [0, 0.05) is 0 Å². The van der Waals surface area contributed by atoms with Gasteiger partial charge in [-0.1, -0.05) is 0 Å². The molecule has 0 saturated heterocycles. The standard InChI is InChI=1S/C19H20N2O4Se/c22-18(20-24)8-2-1-5-13-25-15-11-9-14(10-12-15)21-19(23)16-6-3-4-7-17(16)26-21/h3-4,6-7,9-12,24H,1-2,5,8,13H2,(H,20,22). The van der Waals surface area contributed by atoms with Crippen LogP contribution in [-0.4, -0.2) is 36.0 Å². The van der Waals surface area contributed by atoms with Gasteiger partial charge in [-0.15, -0.1) is 0 Å². The number of rotatable bonds is 8. The van der Waals surface area contributed by atoms with Crippen LogP contribution in [0.3, 0.4) is 0 Å². The molecule has 26 heavy (non-hydrogen) atoms. The molecule has 1 amide bonds. The Kier molecular flexibility index (Phi) is 6.28. The van der Waals surface area contributed by atoms with Gasteiger partial charge in [0.1, 0.15) is 0 Å². The Balaban J connectivity index is 1.54. The van der Waals surface area contributed by atoms with Gasteiger partial charge in [0.25, 0.3) is 0 Å². The van der Waals surface area contributed by atoms with Crippen molar-refractivity contribution in [3.63, 3.8) is 0 Å². The minimum atomic E-state index is -0.360. The van der Waals surface area contributed by atoms with Gasteiger partial charge in [0.05, 0.1) is 0 Å². The number of hydrogen-bond acceptors (Lipinski definition) is 4. The molecule has 0 aliphatic rings. The van der Waals surface area contributed by atoms with E-state index >= 15 is 0 Å². The molecule has 0 unspecified atom stereocenters. The Morgan fingerprint density at radius 3 is 2.58 bits per heavy atom. The van der Waals surface area contributed by atoms with Crippen LogP contribution in [0.4, 0.5) is 0 Å². The van der Waals surface area contributed by atoms with Gasteiger partial charge in [-0.2, -0.15) is 0 Å². The van der Waals surface area contributed by atoms with E-state index in [9.17, 15) is 9.59 Å². The number of carbonyl (C=O) groups is 1. The topological polar surface area (TPSA) is 80.6 Å². The quantitative estimate of drug-likeness (QED) is 0.255. The van der Waals surface area contributed by atoms with E-state index in [-0.39, 0.29) is 26.2 Å². The molecule has 136 valence electrons. The second-order valence-corrected chi connectivity index (χ2v) is 7.95. The molecule has 0 saturated carbocycles. The molecule has 3 aromatic rings. The number of unbranched alkanes of at least 4 members (excludes halogenated alkanes) is 2. The predicted octanol–water partition coefficient (Wildman–Crippen LogP) is 2.49. The van der Waals surface area contributed by atoms with Crippen molar-refractivity contribution in [2.75, 3.05) is 6.61 Å². The number of ether oxygens (including phenoxy) is 1. The maximum atomic E-state index is 12.5. The van der Waals surface area contributed by atoms with E-state index in [1.54, 1.807) is 5.48 Å².